The molecule has 5 nitrogen and oxygen atoms in total. The van der Waals surface area contributed by atoms with Gasteiger partial charge < -0.3 is 10.1 Å². The Morgan fingerprint density at radius 3 is 2.62 bits per heavy atom. The SMILES string of the molecule is O=C(O)c1cccc(C=CC(=O)c2c(-c3ccccc3F)c3c([nH]c2=O)CCC(Br)=C3)c1. The highest BCUT2D eigenvalue weighted by Crippen LogP contribution is 2.36. The van der Waals surface area contributed by atoms with Gasteiger partial charge in [0.15, 0.2) is 5.78 Å². The van der Waals surface area contributed by atoms with Gasteiger partial charge in [0, 0.05) is 22.4 Å². The molecule has 0 spiro atoms. The number of carbonyl (C=O) groups is 2. The van der Waals surface area contributed by atoms with Gasteiger partial charge in [0.05, 0.1) is 11.1 Å². The van der Waals surface area contributed by atoms with Gasteiger partial charge in [-0.15, -0.1) is 0 Å². The van der Waals surface area contributed by atoms with Crippen molar-refractivity contribution in [1.29, 1.82) is 0 Å². The number of fused-ring (bicyclic) bond motifs is 1. The summed E-state index contributed by atoms with van der Waals surface area (Å²) in [4.78, 5) is 40.0. The molecule has 160 valence electrons. The average Bonchev–Trinajstić information content (AvgIpc) is 2.77. The molecule has 2 N–H and O–H groups in total. The summed E-state index contributed by atoms with van der Waals surface area (Å²) in [7, 11) is 0. The Labute approximate surface area is 191 Å². The lowest BCUT2D eigenvalue weighted by Gasteiger charge is -2.19. The van der Waals surface area contributed by atoms with Crippen LogP contribution in [0.2, 0.25) is 0 Å². The Morgan fingerprint density at radius 2 is 1.88 bits per heavy atom. The van der Waals surface area contributed by atoms with Crippen molar-refractivity contribution in [3.8, 4) is 11.1 Å². The van der Waals surface area contributed by atoms with E-state index in [1.807, 2.05) is 0 Å². The van der Waals surface area contributed by atoms with Gasteiger partial charge in [-0.1, -0.05) is 52.3 Å². The molecule has 32 heavy (non-hydrogen) atoms. The number of carboxylic acids is 1. The number of H-pyrrole nitrogens is 1. The summed E-state index contributed by atoms with van der Waals surface area (Å²) in [6.07, 6.45) is 5.67. The van der Waals surface area contributed by atoms with Gasteiger partial charge in [0.2, 0.25) is 0 Å². The molecule has 0 radical (unpaired) electrons. The van der Waals surface area contributed by atoms with Gasteiger partial charge in [0.1, 0.15) is 5.82 Å². The van der Waals surface area contributed by atoms with Crippen LogP contribution in [0.25, 0.3) is 23.3 Å². The monoisotopic (exact) mass is 493 g/mol. The second kappa shape index (κ2) is 8.88. The summed E-state index contributed by atoms with van der Waals surface area (Å²) in [6, 6.07) is 12.1. The van der Waals surface area contributed by atoms with E-state index in [0.717, 1.165) is 4.48 Å². The molecule has 0 aliphatic heterocycles. The van der Waals surface area contributed by atoms with Crippen LogP contribution < -0.4 is 5.56 Å². The number of aromatic nitrogens is 1. The minimum Gasteiger partial charge on any atom is -0.478 e. The first-order chi connectivity index (χ1) is 15.3. The van der Waals surface area contributed by atoms with Gasteiger partial charge in [0.25, 0.3) is 5.56 Å². The zero-order valence-electron chi connectivity index (χ0n) is 16.7. The third kappa shape index (κ3) is 4.24. The molecule has 1 aliphatic carbocycles. The Hall–Kier alpha value is -3.58. The van der Waals surface area contributed by atoms with Crippen LogP contribution in [0.5, 0.6) is 0 Å². The maximum absolute atomic E-state index is 14.8. The van der Waals surface area contributed by atoms with Gasteiger partial charge >= 0.3 is 5.97 Å². The number of nitrogens with one attached hydrogen (secondary N) is 1. The van der Waals surface area contributed by atoms with Crippen LogP contribution in [0.3, 0.4) is 0 Å². The molecule has 0 amide bonds. The number of benzene rings is 2. The first-order valence-corrected chi connectivity index (χ1v) is 10.6. The Morgan fingerprint density at radius 1 is 1.09 bits per heavy atom. The molecule has 0 saturated carbocycles. The van der Waals surface area contributed by atoms with Gasteiger partial charge in [-0.2, -0.15) is 0 Å². The highest BCUT2D eigenvalue weighted by molar-refractivity contribution is 9.11. The minimum atomic E-state index is -1.09. The molecule has 0 saturated heterocycles. The largest absolute Gasteiger partial charge is 0.478 e. The molecule has 0 bridgehead atoms. The van der Waals surface area contributed by atoms with Crippen molar-refractivity contribution < 1.29 is 19.1 Å². The van der Waals surface area contributed by atoms with E-state index in [2.05, 4.69) is 20.9 Å². The lowest BCUT2D eigenvalue weighted by molar-refractivity contribution is 0.0696. The number of halogens is 2. The molecule has 7 heteroatoms. The third-order valence-corrected chi connectivity index (χ3v) is 5.83. The van der Waals surface area contributed by atoms with Crippen molar-refractivity contribution in [2.75, 3.05) is 0 Å². The fourth-order valence-corrected chi connectivity index (χ4v) is 4.13. The van der Waals surface area contributed by atoms with Gasteiger partial charge in [-0.3, -0.25) is 9.59 Å². The summed E-state index contributed by atoms with van der Waals surface area (Å²) in [6.45, 7) is 0. The van der Waals surface area contributed by atoms with E-state index in [0.29, 0.717) is 29.7 Å². The van der Waals surface area contributed by atoms with E-state index >= 15 is 0 Å². The molecule has 1 aromatic heterocycles. The Bertz CT molecular complexity index is 1370. The number of carbonyl (C=O) groups excluding carboxylic acids is 1. The maximum atomic E-state index is 14.8. The van der Waals surface area contributed by atoms with E-state index in [1.165, 1.54) is 36.4 Å². The fraction of sp³-hybridized carbons (Fsp3) is 0.0800. The molecular weight excluding hydrogens is 477 g/mol. The number of hydrogen-bond acceptors (Lipinski definition) is 3. The number of carboxylic acid groups (broad SMARTS) is 1. The Kier molecular flexibility index (Phi) is 6.01. The quantitative estimate of drug-likeness (QED) is 0.365. The van der Waals surface area contributed by atoms with E-state index in [-0.39, 0.29) is 22.3 Å². The first kappa shape index (κ1) is 21.6. The predicted molar refractivity (Wildman–Crippen MR) is 124 cm³/mol. The maximum Gasteiger partial charge on any atom is 0.335 e. The standard InChI is InChI=1S/C25H17BrFNO4/c26-16-9-10-20-18(13-16)22(17-6-1-2-7-19(17)27)23(24(30)28-20)21(29)11-8-14-4-3-5-15(12-14)25(31)32/h1-8,11-13H,9-10H2,(H,28,30)(H,31,32). The molecule has 1 aliphatic rings. The van der Waals surface area contributed by atoms with Crippen LogP contribution in [-0.4, -0.2) is 21.8 Å². The number of allylic oxidation sites excluding steroid dienone is 2. The third-order valence-electron chi connectivity index (χ3n) is 5.20. The number of hydrogen-bond donors (Lipinski definition) is 2. The molecular formula is C25H17BrFNO4. The molecule has 2 aromatic carbocycles. The summed E-state index contributed by atoms with van der Waals surface area (Å²) >= 11 is 3.47. The van der Waals surface area contributed by atoms with Gasteiger partial charge in [-0.05, 0) is 53.2 Å². The number of rotatable bonds is 5. The van der Waals surface area contributed by atoms with Crippen LogP contribution in [-0.2, 0) is 6.42 Å². The zero-order valence-corrected chi connectivity index (χ0v) is 18.3. The van der Waals surface area contributed by atoms with Crippen molar-refractivity contribution in [3.05, 3.63) is 103 Å². The predicted octanol–water partition coefficient (Wildman–Crippen LogP) is 5.46. The minimum absolute atomic E-state index is 0.0771. The van der Waals surface area contributed by atoms with E-state index in [1.54, 1.807) is 30.3 Å². The van der Waals surface area contributed by atoms with Crippen molar-refractivity contribution >= 4 is 39.8 Å². The van der Waals surface area contributed by atoms with Crippen molar-refractivity contribution in [2.45, 2.75) is 12.8 Å². The first-order valence-electron chi connectivity index (χ1n) is 9.81. The second-order valence-corrected chi connectivity index (χ2v) is 8.31. The fourth-order valence-electron chi connectivity index (χ4n) is 3.71. The molecule has 0 atom stereocenters. The van der Waals surface area contributed by atoms with Crippen molar-refractivity contribution in [1.82, 2.24) is 4.98 Å². The Balaban J connectivity index is 1.88. The van der Waals surface area contributed by atoms with Crippen LogP contribution in [0.4, 0.5) is 4.39 Å². The molecule has 0 fully saturated rings. The summed E-state index contributed by atoms with van der Waals surface area (Å²) in [5.74, 6) is -2.23. The van der Waals surface area contributed by atoms with Crippen LogP contribution in [0.1, 0.15) is 44.0 Å². The molecule has 3 aromatic rings. The molecule has 1 heterocycles. The van der Waals surface area contributed by atoms with Crippen molar-refractivity contribution in [2.24, 2.45) is 0 Å². The highest BCUT2D eigenvalue weighted by Gasteiger charge is 2.25. The molecule has 4 rings (SSSR count). The topological polar surface area (TPSA) is 87.2 Å². The van der Waals surface area contributed by atoms with Crippen LogP contribution in [0, 0.1) is 5.82 Å². The zero-order chi connectivity index (χ0) is 22.8. The van der Waals surface area contributed by atoms with Crippen LogP contribution in [0.15, 0.2) is 63.9 Å². The second-order valence-electron chi connectivity index (χ2n) is 7.30. The van der Waals surface area contributed by atoms with Crippen molar-refractivity contribution in [3.63, 3.8) is 0 Å². The van der Waals surface area contributed by atoms with E-state index in [4.69, 9.17) is 5.11 Å². The number of aromatic amines is 1. The number of aryl methyl sites for hydroxylation is 1. The van der Waals surface area contributed by atoms with Gasteiger partial charge in [-0.25, -0.2) is 9.18 Å². The van der Waals surface area contributed by atoms with E-state index in [9.17, 15) is 18.8 Å². The summed E-state index contributed by atoms with van der Waals surface area (Å²) < 4.78 is 15.6. The summed E-state index contributed by atoms with van der Waals surface area (Å²) in [5.41, 5.74) is 1.45. The number of aromatic carboxylic acids is 1. The lowest BCUT2D eigenvalue weighted by atomic mass is 9.88. The average molecular weight is 494 g/mol. The number of pyridine rings is 1. The van der Waals surface area contributed by atoms with E-state index < -0.39 is 23.1 Å². The lowest BCUT2D eigenvalue weighted by Crippen LogP contribution is -2.23. The number of ketones is 1. The molecule has 0 unspecified atom stereocenters. The normalized spacial score (nSPS) is 13.0. The highest BCUT2D eigenvalue weighted by atomic mass is 79.9. The smallest absolute Gasteiger partial charge is 0.335 e. The van der Waals surface area contributed by atoms with Crippen LogP contribution >= 0.6 is 15.9 Å². The summed E-state index contributed by atoms with van der Waals surface area (Å²) in [5, 5.41) is 9.14.